The summed E-state index contributed by atoms with van der Waals surface area (Å²) in [6, 6.07) is 0. The topological polar surface area (TPSA) is 103 Å². The van der Waals surface area contributed by atoms with Gasteiger partial charge in [-0.25, -0.2) is 0 Å². The Balaban J connectivity index is -0.0000000610. The Morgan fingerprint density at radius 2 is 1.57 bits per heavy atom. The Labute approximate surface area is 105 Å². The van der Waals surface area contributed by atoms with Crippen LogP contribution in [0.2, 0.25) is 0 Å². The Bertz CT molecular complexity index is 131. The molecule has 0 aromatic rings. The minimum Gasteiger partial charge on any atom is -0.753 e. The second kappa shape index (κ2) is 38.2. The molecule has 85 valence electrons. The van der Waals surface area contributed by atoms with E-state index in [0.29, 0.717) is 13.1 Å². The van der Waals surface area contributed by atoms with E-state index in [4.69, 9.17) is 21.7 Å². The molecule has 1 radical (unpaired) electrons. The van der Waals surface area contributed by atoms with E-state index in [2.05, 4.69) is 29.8 Å². The third-order valence-corrected chi connectivity index (χ3v) is 0.610. The number of nitrogens with two attached hydrogens (primary N) is 1. The molecule has 0 spiro atoms. The van der Waals surface area contributed by atoms with Gasteiger partial charge in [-0.05, 0) is 0 Å². The molecule has 0 amide bonds. The molecule has 0 atom stereocenters. The van der Waals surface area contributed by atoms with Gasteiger partial charge in [0.2, 0.25) is 0 Å². The maximum absolute atomic E-state index is 8.19. The van der Waals surface area contributed by atoms with Gasteiger partial charge < -0.3 is 27.0 Å². The van der Waals surface area contributed by atoms with E-state index in [1.807, 2.05) is 0 Å². The fraction of sp³-hybridized carbons (Fsp3) is 0.667. The second-order valence-corrected chi connectivity index (χ2v) is 1.81. The molecule has 0 aromatic heterocycles. The Morgan fingerprint density at radius 1 is 1.21 bits per heavy atom. The summed E-state index contributed by atoms with van der Waals surface area (Å²) < 4.78 is 0. The minimum atomic E-state index is 0. The van der Waals surface area contributed by atoms with Crippen LogP contribution in [0.1, 0.15) is 0 Å². The SMILES string of the molecule is NCCNCCO.[Cu+2].[N-]=C=S.[N-]=C=S. The number of aliphatic hydroxyl groups excluding tert-OH is 1. The molecule has 0 aliphatic heterocycles. The molecule has 14 heavy (non-hydrogen) atoms. The Kier molecular flexibility index (Phi) is 64.6. The van der Waals surface area contributed by atoms with Crippen molar-refractivity contribution in [3.05, 3.63) is 10.8 Å². The van der Waals surface area contributed by atoms with E-state index >= 15 is 0 Å². The predicted octanol–water partition coefficient (Wildman–Crippen LogP) is -0.158. The van der Waals surface area contributed by atoms with E-state index < -0.39 is 0 Å². The first-order chi connectivity index (χ1) is 6.24. The maximum Gasteiger partial charge on any atom is 2.00 e. The summed E-state index contributed by atoms with van der Waals surface area (Å²) in [5.74, 6) is 0. The van der Waals surface area contributed by atoms with Crippen LogP contribution >= 0.6 is 24.4 Å². The van der Waals surface area contributed by atoms with Crippen molar-refractivity contribution >= 4 is 34.8 Å². The molecule has 0 unspecified atom stereocenters. The zero-order chi connectivity index (χ0) is 10.9. The van der Waals surface area contributed by atoms with Crippen LogP contribution < -0.4 is 11.1 Å². The molecule has 0 rings (SSSR count). The zero-order valence-corrected chi connectivity index (χ0v) is 9.94. The first kappa shape index (κ1) is 23.7. The summed E-state index contributed by atoms with van der Waals surface area (Å²) in [5, 5.41) is 28.0. The molecule has 4 N–H and O–H groups in total. The summed E-state index contributed by atoms with van der Waals surface area (Å²) in [6.45, 7) is 2.28. The van der Waals surface area contributed by atoms with Crippen LogP contribution in [0.3, 0.4) is 0 Å². The van der Waals surface area contributed by atoms with E-state index in [0.717, 1.165) is 6.54 Å². The van der Waals surface area contributed by atoms with Crippen molar-refractivity contribution in [3.8, 4) is 0 Å². The Hall–Kier alpha value is -0.000519. The van der Waals surface area contributed by atoms with E-state index in [1.54, 1.807) is 0 Å². The van der Waals surface area contributed by atoms with Crippen molar-refractivity contribution in [2.24, 2.45) is 5.73 Å². The molecular formula is C6H12CuN4OS2. The Morgan fingerprint density at radius 3 is 1.79 bits per heavy atom. The molecule has 0 fully saturated rings. The van der Waals surface area contributed by atoms with Crippen LogP contribution in [0.15, 0.2) is 0 Å². The van der Waals surface area contributed by atoms with Crippen LogP contribution in [-0.4, -0.2) is 41.7 Å². The first-order valence-corrected chi connectivity index (χ1v) is 4.10. The summed E-state index contributed by atoms with van der Waals surface area (Å²) >= 11 is 7.40. The molecule has 0 saturated heterocycles. The van der Waals surface area contributed by atoms with Gasteiger partial charge in [-0.2, -0.15) is 10.3 Å². The van der Waals surface area contributed by atoms with E-state index in [9.17, 15) is 0 Å². The molecule has 0 aromatic carbocycles. The minimum absolute atomic E-state index is 0. The number of hydrogen-bond acceptors (Lipinski definition) is 5. The van der Waals surface area contributed by atoms with E-state index in [1.165, 1.54) is 10.3 Å². The van der Waals surface area contributed by atoms with Crippen molar-refractivity contribution in [2.45, 2.75) is 0 Å². The van der Waals surface area contributed by atoms with E-state index in [-0.39, 0.29) is 23.7 Å². The normalized spacial score (nSPS) is 5.86. The summed E-state index contributed by atoms with van der Waals surface area (Å²) in [5.41, 5.74) is 5.13. The summed E-state index contributed by atoms with van der Waals surface area (Å²) in [6.07, 6.45) is 0. The van der Waals surface area contributed by atoms with Crippen LogP contribution in [-0.2, 0) is 17.1 Å². The van der Waals surface area contributed by atoms with Crippen LogP contribution in [0.4, 0.5) is 0 Å². The molecule has 0 bridgehead atoms. The van der Waals surface area contributed by atoms with Crippen LogP contribution in [0.5, 0.6) is 0 Å². The smallest absolute Gasteiger partial charge is 0.753 e. The average molecular weight is 284 g/mol. The van der Waals surface area contributed by atoms with Gasteiger partial charge in [0.25, 0.3) is 0 Å². The largest absolute Gasteiger partial charge is 2.00 e. The molecule has 0 saturated carbocycles. The van der Waals surface area contributed by atoms with Crippen LogP contribution in [0, 0.1) is 0 Å². The van der Waals surface area contributed by atoms with Crippen molar-refractivity contribution in [1.29, 1.82) is 0 Å². The van der Waals surface area contributed by atoms with Crippen molar-refractivity contribution in [3.63, 3.8) is 0 Å². The number of hydrogen-bond donors (Lipinski definition) is 3. The van der Waals surface area contributed by atoms with Gasteiger partial charge in [0.15, 0.2) is 0 Å². The second-order valence-electron chi connectivity index (χ2n) is 1.44. The predicted molar refractivity (Wildman–Crippen MR) is 60.9 cm³/mol. The number of nitrogens with zero attached hydrogens (tertiary/aromatic N) is 2. The third kappa shape index (κ3) is 90.8. The monoisotopic (exact) mass is 283 g/mol. The first-order valence-electron chi connectivity index (χ1n) is 3.29. The fourth-order valence-corrected chi connectivity index (χ4v) is 0.306. The standard InChI is InChI=1S/C4H12N2O.2CNS.Cu/c5-1-2-6-3-4-7;2*2-1-3;/h6-7H,1-5H2;;;/q;2*-1;+2. The molecule has 0 heterocycles. The third-order valence-electron chi connectivity index (χ3n) is 0.610. The number of isothiocyanates is 2. The number of thiocarbonyl (C=S) groups is 2. The molecular weight excluding hydrogens is 272 g/mol. The van der Waals surface area contributed by atoms with Crippen molar-refractivity contribution in [1.82, 2.24) is 5.32 Å². The van der Waals surface area contributed by atoms with Crippen molar-refractivity contribution in [2.75, 3.05) is 26.2 Å². The van der Waals surface area contributed by atoms with Gasteiger partial charge in [-0.15, -0.1) is 0 Å². The van der Waals surface area contributed by atoms with Gasteiger partial charge >= 0.3 is 17.1 Å². The van der Waals surface area contributed by atoms with Gasteiger partial charge in [-0.3, -0.25) is 0 Å². The molecule has 8 heteroatoms. The quantitative estimate of drug-likeness (QED) is 0.288. The van der Waals surface area contributed by atoms with Crippen LogP contribution in [0.25, 0.3) is 10.8 Å². The molecule has 0 aliphatic carbocycles. The zero-order valence-electron chi connectivity index (χ0n) is 7.37. The van der Waals surface area contributed by atoms with Gasteiger partial charge in [0.05, 0.1) is 6.61 Å². The maximum atomic E-state index is 8.19. The molecule has 0 aliphatic rings. The average Bonchev–Trinajstić information content (AvgIpc) is 2.08. The molecule has 5 nitrogen and oxygen atoms in total. The van der Waals surface area contributed by atoms with Gasteiger partial charge in [-0.1, -0.05) is 24.4 Å². The summed E-state index contributed by atoms with van der Waals surface area (Å²) in [4.78, 5) is 0. The fourth-order valence-electron chi connectivity index (χ4n) is 0.306. The van der Waals surface area contributed by atoms with Crippen molar-refractivity contribution < 1.29 is 22.2 Å². The summed E-state index contributed by atoms with van der Waals surface area (Å²) in [7, 11) is 0. The number of nitrogens with one attached hydrogen (secondary N) is 1. The van der Waals surface area contributed by atoms with Gasteiger partial charge in [0, 0.05) is 19.6 Å². The van der Waals surface area contributed by atoms with Gasteiger partial charge in [0.1, 0.15) is 0 Å². The number of aliphatic hydroxyl groups is 1. The number of rotatable bonds is 4.